The molecule has 7 heteroatoms. The van der Waals surface area contributed by atoms with Crippen LogP contribution < -0.4 is 10.6 Å². The van der Waals surface area contributed by atoms with Crippen LogP contribution in [0.5, 0.6) is 0 Å². The average molecular weight is 277 g/mol. The lowest BCUT2D eigenvalue weighted by atomic mass is 10.2. The Bertz CT molecular complexity index is 638. The second-order valence-electron chi connectivity index (χ2n) is 4.33. The predicted molar refractivity (Wildman–Crippen MR) is 74.3 cm³/mol. The van der Waals surface area contributed by atoms with Crippen molar-refractivity contribution in [2.24, 2.45) is 7.05 Å². The number of carbonyl (C=O) groups is 1. The number of carbonyl (C=O) groups excluding carboxylic acids is 1. The van der Waals surface area contributed by atoms with Crippen molar-refractivity contribution >= 4 is 17.5 Å². The van der Waals surface area contributed by atoms with Gasteiger partial charge in [0.25, 0.3) is 5.91 Å². The fourth-order valence-electron chi connectivity index (χ4n) is 1.83. The number of rotatable bonds is 4. The molecule has 2 N–H and O–H groups in total. The molecule has 0 radical (unpaired) electrons. The number of pyridine rings is 1. The van der Waals surface area contributed by atoms with Crippen LogP contribution in [0.4, 0.5) is 16.0 Å². The Morgan fingerprint density at radius 2 is 2.20 bits per heavy atom. The molecule has 0 spiro atoms. The first kappa shape index (κ1) is 14.0. The van der Waals surface area contributed by atoms with Gasteiger partial charge in [0.1, 0.15) is 17.5 Å². The third kappa shape index (κ3) is 2.93. The molecule has 0 saturated carbocycles. The zero-order valence-electron chi connectivity index (χ0n) is 11.6. The van der Waals surface area contributed by atoms with Crippen LogP contribution in [0.1, 0.15) is 23.0 Å². The van der Waals surface area contributed by atoms with Crippen LogP contribution in [0, 0.1) is 12.7 Å². The summed E-state index contributed by atoms with van der Waals surface area (Å²) in [4.78, 5) is 16.1. The van der Waals surface area contributed by atoms with Gasteiger partial charge in [0, 0.05) is 19.7 Å². The van der Waals surface area contributed by atoms with Gasteiger partial charge in [-0.15, -0.1) is 0 Å². The van der Waals surface area contributed by atoms with Crippen molar-refractivity contribution in [3.05, 3.63) is 35.4 Å². The molecule has 0 saturated heterocycles. The lowest BCUT2D eigenvalue weighted by molar-refractivity contribution is 0.102. The smallest absolute Gasteiger partial charge is 0.260 e. The second-order valence-corrected chi connectivity index (χ2v) is 4.33. The highest BCUT2D eigenvalue weighted by Crippen LogP contribution is 2.16. The molecule has 2 heterocycles. The van der Waals surface area contributed by atoms with E-state index in [2.05, 4.69) is 20.7 Å². The van der Waals surface area contributed by atoms with E-state index in [4.69, 9.17) is 0 Å². The van der Waals surface area contributed by atoms with Crippen LogP contribution in [-0.2, 0) is 7.05 Å². The Morgan fingerprint density at radius 3 is 2.80 bits per heavy atom. The van der Waals surface area contributed by atoms with Crippen LogP contribution in [0.25, 0.3) is 0 Å². The molecule has 20 heavy (non-hydrogen) atoms. The average Bonchev–Trinajstić information content (AvgIpc) is 2.70. The number of nitrogens with zero attached hydrogens (tertiary/aromatic N) is 3. The van der Waals surface area contributed by atoms with Gasteiger partial charge in [-0.05, 0) is 19.9 Å². The molecule has 2 aromatic heterocycles. The topological polar surface area (TPSA) is 71.8 Å². The summed E-state index contributed by atoms with van der Waals surface area (Å²) in [6.07, 6.45) is 1.07. The van der Waals surface area contributed by atoms with Gasteiger partial charge in [0.2, 0.25) is 0 Å². The number of aromatic nitrogens is 3. The molecule has 0 fully saturated rings. The number of aryl methyl sites for hydroxylation is 2. The van der Waals surface area contributed by atoms with Crippen molar-refractivity contribution in [3.8, 4) is 0 Å². The highest BCUT2D eigenvalue weighted by atomic mass is 19.1. The standard InChI is InChI=1S/C13H16FN5O/c1-4-15-12-10(6-9(14)7-16-12)13(20)17-11-5-8(2)18-19(11)3/h5-7H,4H2,1-3H3,(H,15,16)(H,17,20). The number of amides is 1. The van der Waals surface area contributed by atoms with Gasteiger partial charge < -0.3 is 10.6 Å². The summed E-state index contributed by atoms with van der Waals surface area (Å²) >= 11 is 0. The summed E-state index contributed by atoms with van der Waals surface area (Å²) in [6.45, 7) is 4.28. The molecular formula is C13H16FN5O. The van der Waals surface area contributed by atoms with E-state index in [1.165, 1.54) is 0 Å². The molecule has 0 bridgehead atoms. The van der Waals surface area contributed by atoms with Crippen molar-refractivity contribution in [1.29, 1.82) is 0 Å². The van der Waals surface area contributed by atoms with Crippen LogP contribution in [0.3, 0.4) is 0 Å². The first-order valence-electron chi connectivity index (χ1n) is 6.22. The largest absolute Gasteiger partial charge is 0.370 e. The fourth-order valence-corrected chi connectivity index (χ4v) is 1.83. The molecule has 0 aliphatic heterocycles. The molecule has 0 aliphatic carbocycles. The van der Waals surface area contributed by atoms with E-state index in [0.717, 1.165) is 18.0 Å². The fraction of sp³-hybridized carbons (Fsp3) is 0.308. The minimum Gasteiger partial charge on any atom is -0.370 e. The van der Waals surface area contributed by atoms with E-state index >= 15 is 0 Å². The van der Waals surface area contributed by atoms with E-state index in [9.17, 15) is 9.18 Å². The summed E-state index contributed by atoms with van der Waals surface area (Å²) in [5.41, 5.74) is 0.942. The first-order chi connectivity index (χ1) is 9.51. The third-order valence-electron chi connectivity index (χ3n) is 2.69. The SMILES string of the molecule is CCNc1ncc(F)cc1C(=O)Nc1cc(C)nn1C. The van der Waals surface area contributed by atoms with E-state index in [1.807, 2.05) is 13.8 Å². The molecule has 1 amide bonds. The van der Waals surface area contributed by atoms with Gasteiger partial charge >= 0.3 is 0 Å². The lowest BCUT2D eigenvalue weighted by Gasteiger charge is -2.10. The number of nitrogens with one attached hydrogen (secondary N) is 2. The van der Waals surface area contributed by atoms with Gasteiger partial charge in [-0.25, -0.2) is 9.37 Å². The molecule has 6 nitrogen and oxygen atoms in total. The number of anilines is 2. The van der Waals surface area contributed by atoms with E-state index in [-0.39, 0.29) is 5.56 Å². The van der Waals surface area contributed by atoms with Crippen LogP contribution in [0.2, 0.25) is 0 Å². The summed E-state index contributed by atoms with van der Waals surface area (Å²) in [5.74, 6) is -0.0987. The quantitative estimate of drug-likeness (QED) is 0.896. The highest BCUT2D eigenvalue weighted by molar-refractivity contribution is 6.07. The summed E-state index contributed by atoms with van der Waals surface area (Å²) in [6, 6.07) is 2.89. The van der Waals surface area contributed by atoms with Gasteiger partial charge in [0.15, 0.2) is 0 Å². The van der Waals surface area contributed by atoms with Crippen LogP contribution in [-0.4, -0.2) is 27.2 Å². The summed E-state index contributed by atoms with van der Waals surface area (Å²) < 4.78 is 14.8. The minimum atomic E-state index is -0.557. The molecule has 106 valence electrons. The molecule has 0 aromatic carbocycles. The summed E-state index contributed by atoms with van der Waals surface area (Å²) in [5, 5.41) is 9.75. The molecule has 0 atom stereocenters. The van der Waals surface area contributed by atoms with E-state index in [0.29, 0.717) is 18.2 Å². The Morgan fingerprint density at radius 1 is 1.45 bits per heavy atom. The number of halogens is 1. The Hall–Kier alpha value is -2.44. The Balaban J connectivity index is 2.28. The monoisotopic (exact) mass is 277 g/mol. The Labute approximate surface area is 116 Å². The molecule has 2 rings (SSSR count). The van der Waals surface area contributed by atoms with Crippen LogP contribution >= 0.6 is 0 Å². The van der Waals surface area contributed by atoms with E-state index in [1.54, 1.807) is 17.8 Å². The first-order valence-corrected chi connectivity index (χ1v) is 6.22. The molecular weight excluding hydrogens is 261 g/mol. The number of hydrogen-bond donors (Lipinski definition) is 2. The minimum absolute atomic E-state index is 0.158. The normalized spacial score (nSPS) is 10.4. The highest BCUT2D eigenvalue weighted by Gasteiger charge is 2.15. The molecule has 0 aliphatic rings. The number of hydrogen-bond acceptors (Lipinski definition) is 4. The van der Waals surface area contributed by atoms with Gasteiger partial charge in [0.05, 0.1) is 17.5 Å². The van der Waals surface area contributed by atoms with Gasteiger partial charge in [-0.3, -0.25) is 9.48 Å². The maximum atomic E-state index is 13.3. The third-order valence-corrected chi connectivity index (χ3v) is 2.69. The molecule has 0 unspecified atom stereocenters. The van der Waals surface area contributed by atoms with Gasteiger partial charge in [-0.2, -0.15) is 5.10 Å². The summed E-state index contributed by atoms with van der Waals surface area (Å²) in [7, 11) is 1.72. The zero-order valence-corrected chi connectivity index (χ0v) is 11.6. The van der Waals surface area contributed by atoms with Crippen molar-refractivity contribution in [3.63, 3.8) is 0 Å². The van der Waals surface area contributed by atoms with Crippen molar-refractivity contribution in [1.82, 2.24) is 14.8 Å². The van der Waals surface area contributed by atoms with Crippen molar-refractivity contribution in [2.75, 3.05) is 17.2 Å². The van der Waals surface area contributed by atoms with Crippen LogP contribution in [0.15, 0.2) is 18.3 Å². The predicted octanol–water partition coefficient (Wildman–Crippen LogP) is 1.95. The maximum absolute atomic E-state index is 13.3. The maximum Gasteiger partial charge on any atom is 0.260 e. The van der Waals surface area contributed by atoms with Crippen molar-refractivity contribution in [2.45, 2.75) is 13.8 Å². The lowest BCUT2D eigenvalue weighted by Crippen LogP contribution is -2.17. The van der Waals surface area contributed by atoms with Gasteiger partial charge in [-0.1, -0.05) is 0 Å². The zero-order chi connectivity index (χ0) is 14.7. The second kappa shape index (κ2) is 5.68. The Kier molecular flexibility index (Phi) is 3.97. The molecule has 2 aromatic rings. The van der Waals surface area contributed by atoms with E-state index < -0.39 is 11.7 Å². The van der Waals surface area contributed by atoms with Crippen molar-refractivity contribution < 1.29 is 9.18 Å².